The minimum absolute atomic E-state index is 0.00695. The maximum Gasteiger partial charge on any atom is 0.410 e. The Morgan fingerprint density at radius 3 is 2.30 bits per heavy atom. The molecular weight excluding hydrogens is 344 g/mol. The molecule has 1 aromatic carbocycles. The number of carbonyl (C=O) groups is 2. The van der Waals surface area contributed by atoms with E-state index in [4.69, 9.17) is 9.47 Å². The average molecular weight is 374 g/mol. The van der Waals surface area contributed by atoms with Crippen molar-refractivity contribution in [3.8, 4) is 0 Å². The Kier molecular flexibility index (Phi) is 6.05. The van der Waals surface area contributed by atoms with Gasteiger partial charge in [0.15, 0.2) is 0 Å². The van der Waals surface area contributed by atoms with E-state index in [1.165, 1.54) is 0 Å². The van der Waals surface area contributed by atoms with Gasteiger partial charge >= 0.3 is 12.1 Å². The van der Waals surface area contributed by atoms with Crippen molar-refractivity contribution in [2.45, 2.75) is 51.9 Å². The van der Waals surface area contributed by atoms with E-state index in [-0.39, 0.29) is 18.0 Å². The predicted molar refractivity (Wildman–Crippen MR) is 102 cm³/mol. The van der Waals surface area contributed by atoms with Crippen LogP contribution in [-0.4, -0.2) is 59.7 Å². The van der Waals surface area contributed by atoms with Crippen LogP contribution in [0.1, 0.15) is 39.2 Å². The summed E-state index contributed by atoms with van der Waals surface area (Å²) in [6, 6.07) is 10.1. The van der Waals surface area contributed by atoms with Crippen molar-refractivity contribution in [1.82, 2.24) is 9.80 Å². The first-order valence-electron chi connectivity index (χ1n) is 9.74. The summed E-state index contributed by atoms with van der Waals surface area (Å²) in [5, 5.41) is 0. The van der Waals surface area contributed by atoms with Crippen molar-refractivity contribution >= 4 is 12.1 Å². The zero-order chi connectivity index (χ0) is 19.4. The zero-order valence-corrected chi connectivity index (χ0v) is 16.5. The van der Waals surface area contributed by atoms with E-state index in [9.17, 15) is 9.59 Å². The highest BCUT2D eigenvalue weighted by molar-refractivity contribution is 5.73. The number of rotatable bonds is 4. The molecule has 0 atom stereocenters. The van der Waals surface area contributed by atoms with Crippen molar-refractivity contribution < 1.29 is 19.1 Å². The fraction of sp³-hybridized carbons (Fsp3) is 0.619. The summed E-state index contributed by atoms with van der Waals surface area (Å²) in [5.41, 5.74) is 0.565. The molecule has 3 rings (SSSR count). The van der Waals surface area contributed by atoms with E-state index >= 15 is 0 Å². The second-order valence-electron chi connectivity index (χ2n) is 8.44. The summed E-state index contributed by atoms with van der Waals surface area (Å²) in [7, 11) is 0. The minimum atomic E-state index is -0.428. The van der Waals surface area contributed by atoms with Crippen LogP contribution in [0.5, 0.6) is 0 Å². The average Bonchev–Trinajstić information content (AvgIpc) is 2.59. The molecule has 2 saturated heterocycles. The minimum Gasteiger partial charge on any atom is -0.460 e. The Labute approximate surface area is 161 Å². The third kappa shape index (κ3) is 5.45. The molecule has 2 aliphatic heterocycles. The van der Waals surface area contributed by atoms with Crippen LogP contribution in [0.3, 0.4) is 0 Å². The Bertz CT molecular complexity index is 642. The van der Waals surface area contributed by atoms with Gasteiger partial charge in [-0.3, -0.25) is 9.69 Å². The van der Waals surface area contributed by atoms with Crippen LogP contribution in [-0.2, 0) is 20.9 Å². The van der Waals surface area contributed by atoms with Gasteiger partial charge in [0.1, 0.15) is 12.2 Å². The molecule has 0 aromatic heterocycles. The standard InChI is InChI=1S/C21H30N2O4/c1-21(2,3)27-19(24)17-9-11-22(12-10-17)18-13-23(14-18)20(25)26-15-16-7-5-4-6-8-16/h4-8,17-18H,9-15H2,1-3H3. The van der Waals surface area contributed by atoms with E-state index in [1.807, 2.05) is 51.1 Å². The first-order chi connectivity index (χ1) is 12.8. The Morgan fingerprint density at radius 2 is 1.70 bits per heavy atom. The normalized spacial score (nSPS) is 19.4. The Hall–Kier alpha value is -2.08. The van der Waals surface area contributed by atoms with Gasteiger partial charge in [0.25, 0.3) is 0 Å². The van der Waals surface area contributed by atoms with Gasteiger partial charge in [-0.25, -0.2) is 4.79 Å². The third-order valence-corrected chi connectivity index (χ3v) is 5.11. The van der Waals surface area contributed by atoms with E-state index in [0.29, 0.717) is 25.7 Å². The number of esters is 1. The lowest BCUT2D eigenvalue weighted by Gasteiger charge is -2.46. The second-order valence-corrected chi connectivity index (χ2v) is 8.44. The molecule has 0 N–H and O–H groups in total. The molecule has 0 bridgehead atoms. The zero-order valence-electron chi connectivity index (χ0n) is 16.5. The molecule has 0 saturated carbocycles. The van der Waals surface area contributed by atoms with Crippen LogP contribution in [0, 0.1) is 5.92 Å². The monoisotopic (exact) mass is 374 g/mol. The first-order valence-corrected chi connectivity index (χ1v) is 9.74. The van der Waals surface area contributed by atoms with Gasteiger partial charge in [0.2, 0.25) is 0 Å². The lowest BCUT2D eigenvalue weighted by molar-refractivity contribution is -0.162. The first kappa shape index (κ1) is 19.7. The number of carbonyl (C=O) groups excluding carboxylic acids is 2. The highest BCUT2D eigenvalue weighted by atomic mass is 16.6. The summed E-state index contributed by atoms with van der Waals surface area (Å²) in [4.78, 5) is 28.4. The van der Waals surface area contributed by atoms with E-state index < -0.39 is 5.60 Å². The number of likely N-dealkylation sites (tertiary alicyclic amines) is 2. The molecule has 0 radical (unpaired) electrons. The van der Waals surface area contributed by atoms with E-state index in [0.717, 1.165) is 31.5 Å². The van der Waals surface area contributed by atoms with Crippen molar-refractivity contribution in [3.05, 3.63) is 35.9 Å². The number of hydrogen-bond donors (Lipinski definition) is 0. The summed E-state index contributed by atoms with van der Waals surface area (Å²) in [6.07, 6.45) is 1.40. The van der Waals surface area contributed by atoms with Crippen molar-refractivity contribution in [1.29, 1.82) is 0 Å². The van der Waals surface area contributed by atoms with Crippen LogP contribution in [0.4, 0.5) is 4.79 Å². The number of hydrogen-bond acceptors (Lipinski definition) is 5. The predicted octanol–water partition coefficient (Wildman–Crippen LogP) is 3.06. The van der Waals surface area contributed by atoms with Crippen molar-refractivity contribution in [2.24, 2.45) is 5.92 Å². The maximum absolute atomic E-state index is 12.2. The Morgan fingerprint density at radius 1 is 1.07 bits per heavy atom. The van der Waals surface area contributed by atoms with Crippen molar-refractivity contribution in [3.63, 3.8) is 0 Å². The number of benzene rings is 1. The van der Waals surface area contributed by atoms with Gasteiger partial charge in [-0.15, -0.1) is 0 Å². The highest BCUT2D eigenvalue weighted by Gasteiger charge is 2.38. The molecule has 27 heavy (non-hydrogen) atoms. The summed E-state index contributed by atoms with van der Waals surface area (Å²) in [6.45, 7) is 9.17. The lowest BCUT2D eigenvalue weighted by atomic mass is 9.94. The molecule has 2 fully saturated rings. The number of nitrogens with zero attached hydrogens (tertiary/aromatic N) is 2. The molecule has 0 spiro atoms. The van der Waals surface area contributed by atoms with Gasteiger partial charge in [0.05, 0.1) is 5.92 Å². The largest absolute Gasteiger partial charge is 0.460 e. The van der Waals surface area contributed by atoms with Crippen LogP contribution in [0.15, 0.2) is 30.3 Å². The topological polar surface area (TPSA) is 59.1 Å². The van der Waals surface area contributed by atoms with Crippen LogP contribution < -0.4 is 0 Å². The third-order valence-electron chi connectivity index (χ3n) is 5.11. The van der Waals surface area contributed by atoms with Crippen molar-refractivity contribution in [2.75, 3.05) is 26.2 Å². The second kappa shape index (κ2) is 8.30. The molecule has 0 aliphatic carbocycles. The molecular formula is C21H30N2O4. The SMILES string of the molecule is CC(C)(C)OC(=O)C1CCN(C2CN(C(=O)OCc3ccccc3)C2)CC1. The summed E-state index contributed by atoms with van der Waals surface area (Å²) in [5.74, 6) is -0.0885. The molecule has 2 aliphatic rings. The summed E-state index contributed by atoms with van der Waals surface area (Å²) >= 11 is 0. The van der Waals surface area contributed by atoms with Crippen LogP contribution in [0.2, 0.25) is 0 Å². The van der Waals surface area contributed by atoms with Gasteiger partial charge in [-0.2, -0.15) is 0 Å². The van der Waals surface area contributed by atoms with Gasteiger partial charge in [-0.1, -0.05) is 30.3 Å². The molecule has 1 aromatic rings. The van der Waals surface area contributed by atoms with Crippen LogP contribution >= 0.6 is 0 Å². The smallest absolute Gasteiger partial charge is 0.410 e. The van der Waals surface area contributed by atoms with Gasteiger partial charge in [-0.05, 0) is 52.3 Å². The molecule has 148 valence electrons. The van der Waals surface area contributed by atoms with E-state index in [1.54, 1.807) is 4.90 Å². The molecule has 0 unspecified atom stereocenters. The highest BCUT2D eigenvalue weighted by Crippen LogP contribution is 2.26. The molecule has 1 amide bonds. The number of piperidine rings is 1. The number of ether oxygens (including phenoxy) is 2. The van der Waals surface area contributed by atoms with Gasteiger partial charge < -0.3 is 14.4 Å². The fourth-order valence-electron chi connectivity index (χ4n) is 3.53. The van der Waals surface area contributed by atoms with E-state index in [2.05, 4.69) is 4.90 Å². The van der Waals surface area contributed by atoms with Gasteiger partial charge in [0, 0.05) is 19.1 Å². The lowest BCUT2D eigenvalue weighted by Crippen LogP contribution is -2.62. The fourth-order valence-corrected chi connectivity index (χ4v) is 3.53. The quantitative estimate of drug-likeness (QED) is 0.758. The molecule has 6 heteroatoms. The molecule has 6 nitrogen and oxygen atoms in total. The Balaban J connectivity index is 1.35. The van der Waals surface area contributed by atoms with Crippen LogP contribution in [0.25, 0.3) is 0 Å². The maximum atomic E-state index is 12.2. The molecule has 2 heterocycles. The summed E-state index contributed by atoms with van der Waals surface area (Å²) < 4.78 is 10.9. The number of amides is 1.